The number of hydrogen-bond acceptors (Lipinski definition) is 5. The Labute approximate surface area is 221 Å². The summed E-state index contributed by atoms with van der Waals surface area (Å²) in [6.07, 6.45) is 10.1. The number of hydrogen-bond donors (Lipinski definition) is 2. The van der Waals surface area contributed by atoms with Crippen LogP contribution in [-0.4, -0.2) is 60.2 Å². The predicted molar refractivity (Wildman–Crippen MR) is 152 cm³/mol. The molecule has 0 bridgehead atoms. The van der Waals surface area contributed by atoms with E-state index in [1.807, 2.05) is 36.6 Å². The molecule has 7 nitrogen and oxygen atoms in total. The number of nitrogens with one attached hydrogen (secondary N) is 1. The van der Waals surface area contributed by atoms with Crippen molar-refractivity contribution in [3.8, 4) is 0 Å². The molecule has 0 spiro atoms. The quantitative estimate of drug-likeness (QED) is 0.543. The summed E-state index contributed by atoms with van der Waals surface area (Å²) in [6.45, 7) is 7.14. The average Bonchev–Trinajstić information content (AvgIpc) is 3.28. The molecule has 1 aromatic heterocycles. The number of nitrogens with two attached hydrogens (primary N) is 1. The molecule has 1 unspecified atom stereocenters. The van der Waals surface area contributed by atoms with Crippen LogP contribution < -0.4 is 11.1 Å². The van der Waals surface area contributed by atoms with Gasteiger partial charge in [-0.25, -0.2) is 4.99 Å². The van der Waals surface area contributed by atoms with E-state index in [1.54, 1.807) is 19.0 Å². The zero-order chi connectivity index (χ0) is 26.5. The van der Waals surface area contributed by atoms with Crippen molar-refractivity contribution in [2.45, 2.75) is 38.6 Å². The number of piperidine rings is 1. The number of likely N-dealkylation sites (tertiary alicyclic amines) is 1. The lowest BCUT2D eigenvalue weighted by Gasteiger charge is -2.36. The highest BCUT2D eigenvalue weighted by atomic mass is 16.2. The Hall–Kier alpha value is -3.58. The number of amides is 1. The minimum absolute atomic E-state index is 0.0503. The lowest BCUT2D eigenvalue weighted by molar-refractivity contribution is 0.0827. The van der Waals surface area contributed by atoms with Crippen molar-refractivity contribution in [2.75, 3.05) is 33.7 Å². The summed E-state index contributed by atoms with van der Waals surface area (Å²) in [6, 6.07) is 12.8. The second-order valence-corrected chi connectivity index (χ2v) is 10.3. The molecular weight excluding hydrogens is 460 g/mol. The molecule has 7 heteroatoms. The molecule has 1 saturated heterocycles. The van der Waals surface area contributed by atoms with E-state index in [0.29, 0.717) is 18.5 Å². The molecule has 2 aliphatic heterocycles. The van der Waals surface area contributed by atoms with Crippen molar-refractivity contribution in [1.82, 2.24) is 19.7 Å². The highest BCUT2D eigenvalue weighted by Gasteiger charge is 2.26. The smallest absolute Gasteiger partial charge is 0.253 e. The van der Waals surface area contributed by atoms with E-state index >= 15 is 0 Å². The van der Waals surface area contributed by atoms with E-state index in [4.69, 9.17) is 10.7 Å². The fourth-order valence-corrected chi connectivity index (χ4v) is 5.12. The number of aromatic nitrogens is 1. The Morgan fingerprint density at radius 3 is 2.46 bits per heavy atom. The molecule has 1 atom stereocenters. The molecule has 2 aliphatic rings. The van der Waals surface area contributed by atoms with Gasteiger partial charge >= 0.3 is 0 Å². The molecule has 4 rings (SSSR count). The van der Waals surface area contributed by atoms with Crippen LogP contribution in [0.1, 0.15) is 60.3 Å². The molecule has 2 aromatic rings. The third-order valence-electron chi connectivity index (χ3n) is 7.58. The van der Waals surface area contributed by atoms with Gasteiger partial charge in [0, 0.05) is 56.1 Å². The SMILES string of the molecule is C/C(=C\C=N/c1ccc(C(C)N2CCC(c3ccc(C(=O)N(C)C)cc3)CC2)n1C)C1=CC=C(N)CN1. The van der Waals surface area contributed by atoms with Gasteiger partial charge in [0.2, 0.25) is 0 Å². The first-order chi connectivity index (χ1) is 17.7. The van der Waals surface area contributed by atoms with E-state index in [2.05, 4.69) is 59.9 Å². The Balaban J connectivity index is 1.34. The molecule has 37 heavy (non-hydrogen) atoms. The van der Waals surface area contributed by atoms with Crippen LogP contribution in [0.15, 0.2) is 76.6 Å². The van der Waals surface area contributed by atoms with Crippen LogP contribution in [0.2, 0.25) is 0 Å². The predicted octanol–water partition coefficient (Wildman–Crippen LogP) is 4.65. The standard InChI is InChI=1S/C30H40N6O/c1-21(27-11-10-26(31)20-33-27)14-17-32-29-13-12-28(35(29)5)22(2)36-18-15-24(16-19-36)23-6-8-25(9-7-23)30(37)34(3)4/h6-14,17,22,24,33H,15-16,18-20,31H2,1-5H3/b21-14+,32-17-. The lowest BCUT2D eigenvalue weighted by atomic mass is 9.88. The molecule has 1 amide bonds. The van der Waals surface area contributed by atoms with Crippen LogP contribution in [-0.2, 0) is 7.05 Å². The van der Waals surface area contributed by atoms with Crippen LogP contribution >= 0.6 is 0 Å². The number of dihydropyridines is 1. The van der Waals surface area contributed by atoms with Crippen LogP contribution in [0.25, 0.3) is 0 Å². The van der Waals surface area contributed by atoms with Crippen LogP contribution in [0.4, 0.5) is 5.82 Å². The minimum Gasteiger partial charge on any atom is -0.401 e. The van der Waals surface area contributed by atoms with Crippen molar-refractivity contribution in [3.05, 3.63) is 88.4 Å². The molecule has 196 valence electrons. The fraction of sp³-hybridized carbons (Fsp3) is 0.400. The van der Waals surface area contributed by atoms with Gasteiger partial charge < -0.3 is 20.5 Å². The van der Waals surface area contributed by atoms with Crippen LogP contribution in [0, 0.1) is 0 Å². The van der Waals surface area contributed by atoms with Crippen molar-refractivity contribution >= 4 is 17.9 Å². The molecular formula is C30H40N6O. The van der Waals surface area contributed by atoms with Crippen molar-refractivity contribution in [3.63, 3.8) is 0 Å². The Kier molecular flexibility index (Phi) is 8.34. The van der Waals surface area contributed by atoms with Crippen LogP contribution in [0.5, 0.6) is 0 Å². The normalized spacial score (nSPS) is 18.4. The van der Waals surface area contributed by atoms with Crippen molar-refractivity contribution in [1.29, 1.82) is 0 Å². The summed E-state index contributed by atoms with van der Waals surface area (Å²) in [5.41, 5.74) is 12.2. The van der Waals surface area contributed by atoms with Crippen molar-refractivity contribution < 1.29 is 4.79 Å². The Morgan fingerprint density at radius 1 is 1.14 bits per heavy atom. The largest absolute Gasteiger partial charge is 0.401 e. The molecule has 0 radical (unpaired) electrons. The zero-order valence-corrected chi connectivity index (χ0v) is 22.7. The monoisotopic (exact) mass is 500 g/mol. The third-order valence-corrected chi connectivity index (χ3v) is 7.58. The summed E-state index contributed by atoms with van der Waals surface area (Å²) in [5, 5.41) is 3.32. The Morgan fingerprint density at radius 2 is 1.84 bits per heavy atom. The number of allylic oxidation sites excluding steroid dienone is 4. The highest BCUT2D eigenvalue weighted by molar-refractivity contribution is 5.93. The summed E-state index contributed by atoms with van der Waals surface area (Å²) < 4.78 is 2.19. The third kappa shape index (κ3) is 6.23. The molecule has 0 saturated carbocycles. The number of nitrogens with zero attached hydrogens (tertiary/aromatic N) is 4. The first kappa shape index (κ1) is 26.5. The molecule has 0 aliphatic carbocycles. The highest BCUT2D eigenvalue weighted by Crippen LogP contribution is 2.33. The topological polar surface area (TPSA) is 78.9 Å². The first-order valence-corrected chi connectivity index (χ1v) is 13.1. The number of benzene rings is 1. The van der Waals surface area contributed by atoms with Gasteiger partial charge in [-0.15, -0.1) is 0 Å². The molecule has 1 aromatic carbocycles. The van der Waals surface area contributed by atoms with Gasteiger partial charge in [0.1, 0.15) is 5.82 Å². The molecule has 1 fully saturated rings. The first-order valence-electron chi connectivity index (χ1n) is 13.1. The minimum atomic E-state index is 0.0503. The number of aliphatic imine (C=N–C) groups is 1. The number of rotatable bonds is 7. The maximum Gasteiger partial charge on any atom is 0.253 e. The summed E-state index contributed by atoms with van der Waals surface area (Å²) >= 11 is 0. The van der Waals surface area contributed by atoms with E-state index in [9.17, 15) is 4.79 Å². The second-order valence-electron chi connectivity index (χ2n) is 10.3. The van der Waals surface area contributed by atoms with Gasteiger partial charge in [0.15, 0.2) is 0 Å². The summed E-state index contributed by atoms with van der Waals surface area (Å²) in [7, 11) is 5.67. The maximum atomic E-state index is 12.2. The second kappa shape index (κ2) is 11.6. The van der Waals surface area contributed by atoms with E-state index in [1.165, 1.54) is 11.3 Å². The number of carbonyl (C=O) groups is 1. The van der Waals surface area contributed by atoms with Gasteiger partial charge in [-0.3, -0.25) is 9.69 Å². The molecule has 3 N–H and O–H groups in total. The van der Waals surface area contributed by atoms with E-state index in [-0.39, 0.29) is 5.91 Å². The average molecular weight is 501 g/mol. The van der Waals surface area contributed by atoms with Gasteiger partial charge in [-0.05, 0) is 99.3 Å². The zero-order valence-electron chi connectivity index (χ0n) is 22.7. The van der Waals surface area contributed by atoms with Crippen LogP contribution in [0.3, 0.4) is 0 Å². The van der Waals surface area contributed by atoms with E-state index < -0.39 is 0 Å². The molecule has 3 heterocycles. The Bertz CT molecular complexity index is 1220. The summed E-state index contributed by atoms with van der Waals surface area (Å²) in [4.78, 5) is 21.1. The lowest BCUT2D eigenvalue weighted by Crippen LogP contribution is -2.35. The van der Waals surface area contributed by atoms with E-state index in [0.717, 1.165) is 54.3 Å². The van der Waals surface area contributed by atoms with Gasteiger partial charge in [0.05, 0.1) is 6.54 Å². The van der Waals surface area contributed by atoms with Gasteiger partial charge in [0.25, 0.3) is 5.91 Å². The summed E-state index contributed by atoms with van der Waals surface area (Å²) in [5.74, 6) is 1.54. The number of carbonyl (C=O) groups excluding carboxylic acids is 1. The van der Waals surface area contributed by atoms with Gasteiger partial charge in [-0.2, -0.15) is 0 Å². The fourth-order valence-electron chi connectivity index (χ4n) is 5.12. The maximum absolute atomic E-state index is 12.2. The van der Waals surface area contributed by atoms with Gasteiger partial charge in [-0.1, -0.05) is 12.1 Å². The van der Waals surface area contributed by atoms with Crippen molar-refractivity contribution in [2.24, 2.45) is 17.8 Å².